The first-order valence-electron chi connectivity index (χ1n) is 10.7. The fourth-order valence-electron chi connectivity index (χ4n) is 3.94. The zero-order chi connectivity index (χ0) is 25.7. The molecule has 2 aromatic carbocycles. The predicted molar refractivity (Wildman–Crippen MR) is 119 cm³/mol. The number of hydrogen-bond acceptors (Lipinski definition) is 8. The lowest BCUT2D eigenvalue weighted by molar-refractivity contribution is -0.229. The lowest BCUT2D eigenvalue weighted by Crippen LogP contribution is -2.66. The van der Waals surface area contributed by atoms with Gasteiger partial charge in [0, 0.05) is 12.8 Å². The maximum atomic E-state index is 14.5. The van der Waals surface area contributed by atoms with E-state index in [0.29, 0.717) is 0 Å². The zero-order valence-electron chi connectivity index (χ0n) is 19.3. The predicted octanol–water partition coefficient (Wildman–Crippen LogP) is 0.714. The Bertz CT molecular complexity index is 959. The minimum Gasteiger partial charge on any atom is -0.497 e. The van der Waals surface area contributed by atoms with Crippen molar-refractivity contribution in [2.24, 2.45) is 0 Å². The van der Waals surface area contributed by atoms with Crippen LogP contribution in [0.2, 0.25) is 0 Å². The SMILES string of the molecule is CCC(O)(Cc1cc(OC)ccc1F)[C@@H](O)[C@@](O)(Cc1cc(OC)ccc1F)[C@H](O)[C@@H](O)CO. The number of benzene rings is 2. The molecule has 6 N–H and O–H groups in total. The molecule has 0 amide bonds. The summed E-state index contributed by atoms with van der Waals surface area (Å²) in [4.78, 5) is 0. The summed E-state index contributed by atoms with van der Waals surface area (Å²) >= 11 is 0. The molecule has 0 heterocycles. The molecule has 0 aliphatic heterocycles. The molecule has 2 aromatic rings. The van der Waals surface area contributed by atoms with Gasteiger partial charge in [0.15, 0.2) is 0 Å². The normalized spacial score (nSPS) is 17.9. The summed E-state index contributed by atoms with van der Waals surface area (Å²) in [5.41, 5.74) is -5.26. The second-order valence-electron chi connectivity index (χ2n) is 8.31. The van der Waals surface area contributed by atoms with Crippen molar-refractivity contribution in [3.8, 4) is 11.5 Å². The van der Waals surface area contributed by atoms with Crippen LogP contribution in [0.4, 0.5) is 8.78 Å². The largest absolute Gasteiger partial charge is 0.497 e. The third kappa shape index (κ3) is 5.83. The molecule has 34 heavy (non-hydrogen) atoms. The molecule has 2 rings (SSSR count). The Balaban J connectivity index is 2.55. The van der Waals surface area contributed by atoms with Crippen molar-refractivity contribution in [2.75, 3.05) is 20.8 Å². The Morgan fingerprint density at radius 1 is 0.853 bits per heavy atom. The third-order valence-electron chi connectivity index (χ3n) is 6.13. The summed E-state index contributed by atoms with van der Waals surface area (Å²) in [5.74, 6) is -1.02. The van der Waals surface area contributed by atoms with Crippen molar-refractivity contribution in [2.45, 2.75) is 55.7 Å². The minimum atomic E-state index is -2.77. The van der Waals surface area contributed by atoms with Gasteiger partial charge in [0.1, 0.15) is 47.0 Å². The standard InChI is InChI=1S/C24H32F2O8/c1-4-23(31,11-14-9-16(33-2)5-7-18(14)25)22(30)24(32,21(29)20(28)13-27)12-15-10-17(34-3)6-8-19(15)26/h5-10,20-22,27-32H,4,11-13H2,1-3H3/t20-,21+,22+,23?,24+/m0/s1. The molecule has 5 atom stereocenters. The van der Waals surface area contributed by atoms with Crippen LogP contribution in [-0.4, -0.2) is 81.0 Å². The number of ether oxygens (including phenoxy) is 2. The van der Waals surface area contributed by atoms with Gasteiger partial charge in [-0.2, -0.15) is 0 Å². The molecular formula is C24H32F2O8. The molecule has 0 aliphatic carbocycles. The van der Waals surface area contributed by atoms with Crippen molar-refractivity contribution in [1.82, 2.24) is 0 Å². The summed E-state index contributed by atoms with van der Waals surface area (Å²) in [6, 6.07) is 7.37. The van der Waals surface area contributed by atoms with Gasteiger partial charge in [-0.1, -0.05) is 6.92 Å². The lowest BCUT2D eigenvalue weighted by Gasteiger charge is -2.45. The second kappa shape index (κ2) is 11.4. The number of hydrogen-bond donors (Lipinski definition) is 6. The van der Waals surface area contributed by atoms with Crippen molar-refractivity contribution >= 4 is 0 Å². The van der Waals surface area contributed by atoms with Gasteiger partial charge >= 0.3 is 0 Å². The summed E-state index contributed by atoms with van der Waals surface area (Å²) < 4.78 is 39.1. The second-order valence-corrected chi connectivity index (χ2v) is 8.31. The van der Waals surface area contributed by atoms with Crippen LogP contribution in [0.25, 0.3) is 0 Å². The Hall–Kier alpha value is -2.34. The molecule has 0 spiro atoms. The summed E-state index contributed by atoms with van der Waals surface area (Å²) in [6.07, 6.45) is -7.90. The zero-order valence-corrected chi connectivity index (χ0v) is 19.3. The Labute approximate surface area is 196 Å². The van der Waals surface area contributed by atoms with Crippen LogP contribution in [0, 0.1) is 11.6 Å². The number of aliphatic hydroxyl groups is 6. The van der Waals surface area contributed by atoms with Gasteiger partial charge in [0.05, 0.1) is 26.4 Å². The number of methoxy groups -OCH3 is 2. The molecule has 190 valence electrons. The molecule has 10 heteroatoms. The van der Waals surface area contributed by atoms with E-state index in [2.05, 4.69) is 0 Å². The smallest absolute Gasteiger partial charge is 0.126 e. The maximum Gasteiger partial charge on any atom is 0.126 e. The van der Waals surface area contributed by atoms with Crippen molar-refractivity contribution in [1.29, 1.82) is 0 Å². The number of aliphatic hydroxyl groups excluding tert-OH is 4. The Kier molecular flexibility index (Phi) is 9.35. The molecule has 0 saturated heterocycles. The van der Waals surface area contributed by atoms with Crippen LogP contribution in [0.3, 0.4) is 0 Å². The van der Waals surface area contributed by atoms with Gasteiger partial charge < -0.3 is 40.1 Å². The van der Waals surface area contributed by atoms with E-state index in [1.165, 1.54) is 45.4 Å². The molecule has 8 nitrogen and oxygen atoms in total. The van der Waals surface area contributed by atoms with Gasteiger partial charge in [-0.05, 0) is 53.9 Å². The monoisotopic (exact) mass is 486 g/mol. The fourth-order valence-corrected chi connectivity index (χ4v) is 3.94. The van der Waals surface area contributed by atoms with Gasteiger partial charge in [-0.15, -0.1) is 0 Å². The fraction of sp³-hybridized carbons (Fsp3) is 0.500. The van der Waals surface area contributed by atoms with Gasteiger partial charge in [-0.3, -0.25) is 0 Å². The quantitative estimate of drug-likeness (QED) is 0.258. The number of rotatable bonds is 12. The van der Waals surface area contributed by atoms with Gasteiger partial charge in [0.2, 0.25) is 0 Å². The summed E-state index contributed by atoms with van der Waals surface area (Å²) in [6.45, 7) is 0.467. The van der Waals surface area contributed by atoms with Gasteiger partial charge in [-0.25, -0.2) is 8.78 Å². The Morgan fingerprint density at radius 2 is 1.32 bits per heavy atom. The minimum absolute atomic E-state index is 0.0464. The van der Waals surface area contributed by atoms with Crippen LogP contribution < -0.4 is 9.47 Å². The summed E-state index contributed by atoms with van der Waals surface area (Å²) in [7, 11) is 2.70. The van der Waals surface area contributed by atoms with Crippen molar-refractivity contribution in [3.63, 3.8) is 0 Å². The average molecular weight is 487 g/mol. The number of halogens is 2. The van der Waals surface area contributed by atoms with Crippen molar-refractivity contribution in [3.05, 3.63) is 59.2 Å². The van der Waals surface area contributed by atoms with Crippen LogP contribution in [0.5, 0.6) is 11.5 Å². The third-order valence-corrected chi connectivity index (χ3v) is 6.13. The van der Waals surface area contributed by atoms with E-state index in [1.807, 2.05) is 0 Å². The topological polar surface area (TPSA) is 140 Å². The van der Waals surface area contributed by atoms with E-state index in [4.69, 9.17) is 9.47 Å². The van der Waals surface area contributed by atoms with Gasteiger partial charge in [0.25, 0.3) is 0 Å². The van der Waals surface area contributed by atoms with E-state index in [0.717, 1.165) is 12.1 Å². The van der Waals surface area contributed by atoms with E-state index in [-0.39, 0.29) is 29.0 Å². The van der Waals surface area contributed by atoms with Crippen molar-refractivity contribution < 1.29 is 48.9 Å². The molecule has 0 aliphatic rings. The highest BCUT2D eigenvalue weighted by Gasteiger charge is 2.54. The molecule has 0 aromatic heterocycles. The molecule has 0 fully saturated rings. The highest BCUT2D eigenvalue weighted by molar-refractivity contribution is 5.33. The van der Waals surface area contributed by atoms with Crippen LogP contribution in [0.15, 0.2) is 36.4 Å². The lowest BCUT2D eigenvalue weighted by atomic mass is 9.72. The van der Waals surface area contributed by atoms with Crippen LogP contribution >= 0.6 is 0 Å². The first-order valence-corrected chi connectivity index (χ1v) is 10.7. The maximum absolute atomic E-state index is 14.5. The van der Waals surface area contributed by atoms with E-state index in [1.54, 1.807) is 0 Å². The molecular weight excluding hydrogens is 454 g/mol. The van der Waals surface area contributed by atoms with E-state index >= 15 is 0 Å². The summed E-state index contributed by atoms with van der Waals surface area (Å²) in [5, 5.41) is 64.0. The molecule has 0 saturated carbocycles. The average Bonchev–Trinajstić information content (AvgIpc) is 2.84. The molecule has 0 bridgehead atoms. The first kappa shape index (κ1) is 27.9. The van der Waals surface area contributed by atoms with Crippen LogP contribution in [-0.2, 0) is 12.8 Å². The Morgan fingerprint density at radius 3 is 1.74 bits per heavy atom. The highest BCUT2D eigenvalue weighted by Crippen LogP contribution is 2.36. The van der Waals surface area contributed by atoms with E-state index < -0.39 is 60.6 Å². The first-order chi connectivity index (χ1) is 15.9. The van der Waals surface area contributed by atoms with E-state index in [9.17, 15) is 39.4 Å². The molecule has 0 radical (unpaired) electrons. The highest BCUT2D eigenvalue weighted by atomic mass is 19.1. The molecule has 1 unspecified atom stereocenters. The van der Waals surface area contributed by atoms with Crippen LogP contribution in [0.1, 0.15) is 24.5 Å².